The summed E-state index contributed by atoms with van der Waals surface area (Å²) >= 11 is 0. The molecule has 2 nitrogen and oxygen atoms in total. The van der Waals surface area contributed by atoms with Gasteiger partial charge in [0.05, 0.1) is 0 Å². The van der Waals surface area contributed by atoms with E-state index in [0.29, 0.717) is 6.42 Å². The number of hydrogen-bond donors (Lipinski definition) is 1. The minimum Gasteiger partial charge on any atom is -0.231 e. The maximum atomic E-state index is 12.9. The third kappa shape index (κ3) is 2.23. The topological polar surface area (TPSA) is 34.1 Å². The first kappa shape index (κ1) is 15.7. The molecule has 20 heavy (non-hydrogen) atoms. The molecule has 2 bridgehead atoms. The van der Waals surface area contributed by atoms with E-state index in [9.17, 15) is 34.8 Å². The molecule has 0 spiro atoms. The average Bonchev–Trinajstić information content (AvgIpc) is 2.82. The van der Waals surface area contributed by atoms with Gasteiger partial charge in [0.15, 0.2) is 10.7 Å². The van der Waals surface area contributed by atoms with Crippen LogP contribution in [-0.4, -0.2) is 25.5 Å². The van der Waals surface area contributed by atoms with Gasteiger partial charge in [-0.15, -0.1) is 0 Å². The number of hydrogen-bond acceptors (Lipinski definition) is 2. The van der Waals surface area contributed by atoms with Crippen molar-refractivity contribution in [2.24, 2.45) is 17.8 Å². The van der Waals surface area contributed by atoms with Gasteiger partial charge in [-0.05, 0) is 37.0 Å². The lowest BCUT2D eigenvalue weighted by molar-refractivity contribution is -0.270. The molecular formula is C11H12F6O2S. The Labute approximate surface area is 112 Å². The zero-order valence-electron chi connectivity index (χ0n) is 10.0. The highest BCUT2D eigenvalue weighted by atomic mass is 32.2. The first-order valence-corrected chi connectivity index (χ1v) is 7.13. The molecule has 0 aromatic heterocycles. The van der Waals surface area contributed by atoms with E-state index in [1.165, 1.54) is 0 Å². The van der Waals surface area contributed by atoms with Gasteiger partial charge in [0, 0.05) is 0 Å². The summed E-state index contributed by atoms with van der Waals surface area (Å²) in [5.74, 6) is -1.33. The molecule has 1 fully saturated rings. The van der Waals surface area contributed by atoms with Gasteiger partial charge in [0.2, 0.25) is 0 Å². The zero-order valence-corrected chi connectivity index (χ0v) is 10.9. The van der Waals surface area contributed by atoms with Crippen LogP contribution < -0.4 is 0 Å². The molecule has 2 aliphatic carbocycles. The van der Waals surface area contributed by atoms with Crippen molar-refractivity contribution >= 4 is 10.7 Å². The molecule has 0 aliphatic heterocycles. The Bertz CT molecular complexity index is 468. The Morgan fingerprint density at radius 2 is 1.50 bits per heavy atom. The van der Waals surface area contributed by atoms with E-state index < -0.39 is 40.1 Å². The molecule has 0 heterocycles. The van der Waals surface area contributed by atoms with E-state index in [1.807, 2.05) is 0 Å². The van der Waals surface area contributed by atoms with Gasteiger partial charge in [-0.2, -0.15) is 26.3 Å². The number of fused-ring (bicyclic) bond motifs is 2. The molecule has 3 unspecified atom stereocenters. The first-order valence-electron chi connectivity index (χ1n) is 5.95. The van der Waals surface area contributed by atoms with Crippen LogP contribution in [0.5, 0.6) is 0 Å². The molecule has 2 rings (SSSR count). The van der Waals surface area contributed by atoms with E-state index >= 15 is 0 Å². The van der Waals surface area contributed by atoms with Gasteiger partial charge in [-0.3, -0.25) is 0 Å². The molecule has 0 radical (unpaired) electrons. The van der Waals surface area contributed by atoms with Gasteiger partial charge < -0.3 is 0 Å². The molecule has 9 heteroatoms. The van der Waals surface area contributed by atoms with E-state index in [1.54, 1.807) is 12.2 Å². The fourth-order valence-corrected chi connectivity index (χ4v) is 3.98. The largest absolute Gasteiger partial charge is 0.416 e. The van der Waals surface area contributed by atoms with Crippen LogP contribution in [0.15, 0.2) is 12.2 Å². The second kappa shape index (κ2) is 4.64. The lowest BCUT2D eigenvalue weighted by atomic mass is 9.84. The minimum atomic E-state index is -5.87. The molecule has 0 saturated heterocycles. The monoisotopic (exact) mass is 322 g/mol. The standard InChI is InChI=1S/C11H12F6O2S/c12-10(13,14)9(20(18)19,11(15,16)17)5-8-4-6-1-2-7(8)3-6/h1-2,6-8,20H,3-5H2. The fourth-order valence-electron chi connectivity index (χ4n) is 3.18. The van der Waals surface area contributed by atoms with Crippen molar-refractivity contribution in [1.82, 2.24) is 0 Å². The SMILES string of the molecule is O=[SH](=O)C(CC1CC2C=CC1C2)(C(F)(F)F)C(F)(F)F. The molecule has 3 atom stereocenters. The third-order valence-electron chi connectivity index (χ3n) is 4.22. The fraction of sp³-hybridized carbons (Fsp3) is 0.818. The van der Waals surface area contributed by atoms with Gasteiger partial charge in [-0.1, -0.05) is 12.2 Å². The van der Waals surface area contributed by atoms with Crippen molar-refractivity contribution in [1.29, 1.82) is 0 Å². The van der Waals surface area contributed by atoms with Crippen molar-refractivity contribution in [3.05, 3.63) is 12.2 Å². The molecule has 0 aromatic rings. The normalized spacial score (nSPS) is 30.4. The molecule has 116 valence electrons. The lowest BCUT2D eigenvalue weighted by Crippen LogP contribution is -2.59. The van der Waals surface area contributed by atoms with Crippen molar-refractivity contribution in [2.45, 2.75) is 36.4 Å². The van der Waals surface area contributed by atoms with E-state index in [2.05, 4.69) is 0 Å². The number of thiol groups is 1. The quantitative estimate of drug-likeness (QED) is 0.492. The van der Waals surface area contributed by atoms with Gasteiger partial charge in [0.1, 0.15) is 0 Å². The lowest BCUT2D eigenvalue weighted by Gasteiger charge is -2.35. The summed E-state index contributed by atoms with van der Waals surface area (Å²) in [6, 6.07) is 0. The number of alkyl halides is 6. The molecule has 1 saturated carbocycles. The summed E-state index contributed by atoms with van der Waals surface area (Å²) in [6.45, 7) is 0. The maximum Gasteiger partial charge on any atom is 0.416 e. The van der Waals surface area contributed by atoms with Gasteiger partial charge in [-0.25, -0.2) is 8.42 Å². The van der Waals surface area contributed by atoms with E-state index in [-0.39, 0.29) is 18.3 Å². The summed E-state index contributed by atoms with van der Waals surface area (Å²) in [7, 11) is -4.72. The predicted octanol–water partition coefficient (Wildman–Crippen LogP) is 3.06. The second-order valence-corrected chi connectivity index (χ2v) is 6.64. The maximum absolute atomic E-state index is 12.9. The van der Waals surface area contributed by atoms with Crippen LogP contribution in [0.2, 0.25) is 0 Å². The summed E-state index contributed by atoms with van der Waals surface area (Å²) in [4.78, 5) is 0. The summed E-state index contributed by atoms with van der Waals surface area (Å²) in [5.41, 5.74) is 0. The summed E-state index contributed by atoms with van der Waals surface area (Å²) in [5, 5.41) is 0. The highest BCUT2D eigenvalue weighted by molar-refractivity contribution is 7.74. The third-order valence-corrected chi connectivity index (χ3v) is 5.54. The van der Waals surface area contributed by atoms with Crippen LogP contribution >= 0.6 is 0 Å². The highest BCUT2D eigenvalue weighted by Gasteiger charge is 2.74. The summed E-state index contributed by atoms with van der Waals surface area (Å²) < 4.78 is 94.5. The smallest absolute Gasteiger partial charge is 0.231 e. The molecule has 0 N–H and O–H groups in total. The molecular weight excluding hydrogens is 310 g/mol. The number of rotatable bonds is 3. The van der Waals surface area contributed by atoms with Crippen LogP contribution in [0.1, 0.15) is 19.3 Å². The van der Waals surface area contributed by atoms with Crippen molar-refractivity contribution < 1.29 is 34.8 Å². The van der Waals surface area contributed by atoms with Crippen LogP contribution in [0.25, 0.3) is 0 Å². The van der Waals surface area contributed by atoms with Crippen LogP contribution in [-0.2, 0) is 10.7 Å². The Hall–Kier alpha value is -0.730. The van der Waals surface area contributed by atoms with Crippen LogP contribution in [0, 0.1) is 17.8 Å². The highest BCUT2D eigenvalue weighted by Crippen LogP contribution is 2.54. The number of allylic oxidation sites excluding steroid dienone is 2. The summed E-state index contributed by atoms with van der Waals surface area (Å²) in [6.07, 6.45) is -9.14. The molecule has 0 amide bonds. The van der Waals surface area contributed by atoms with Gasteiger partial charge >= 0.3 is 12.4 Å². The Kier molecular flexibility index (Phi) is 3.63. The van der Waals surface area contributed by atoms with Crippen molar-refractivity contribution in [3.63, 3.8) is 0 Å². The van der Waals surface area contributed by atoms with Crippen molar-refractivity contribution in [2.75, 3.05) is 0 Å². The Morgan fingerprint density at radius 1 is 0.950 bits per heavy atom. The minimum absolute atomic E-state index is 0.0336. The Morgan fingerprint density at radius 3 is 1.80 bits per heavy atom. The predicted molar refractivity (Wildman–Crippen MR) is 58.6 cm³/mol. The van der Waals surface area contributed by atoms with Crippen molar-refractivity contribution in [3.8, 4) is 0 Å². The average molecular weight is 322 g/mol. The van der Waals surface area contributed by atoms with E-state index in [4.69, 9.17) is 0 Å². The van der Waals surface area contributed by atoms with Crippen LogP contribution in [0.3, 0.4) is 0 Å². The molecule has 2 aliphatic rings. The number of halogens is 6. The van der Waals surface area contributed by atoms with E-state index in [0.717, 1.165) is 0 Å². The van der Waals surface area contributed by atoms with Gasteiger partial charge in [0.25, 0.3) is 4.75 Å². The second-order valence-electron chi connectivity index (χ2n) is 5.36. The molecule has 0 aromatic carbocycles. The zero-order chi connectivity index (χ0) is 15.3. The Balaban J connectivity index is 2.39. The van der Waals surface area contributed by atoms with Crippen LogP contribution in [0.4, 0.5) is 26.3 Å². The first-order chi connectivity index (χ1) is 8.99.